The average Bonchev–Trinajstić information content (AvgIpc) is 2.96. The molecule has 0 saturated heterocycles. The zero-order valence-corrected chi connectivity index (χ0v) is 28.4. The van der Waals surface area contributed by atoms with Crippen molar-refractivity contribution in [2.75, 3.05) is 26.4 Å². The Hall–Kier alpha value is -3.48. The Labute approximate surface area is 272 Å². The fraction of sp³-hybridized carbons (Fsp3) is 0.571. The summed E-state index contributed by atoms with van der Waals surface area (Å²) in [6.45, 7) is 16.2. The molecule has 246 valence electrons. The van der Waals surface area contributed by atoms with E-state index in [0.29, 0.717) is 48.3 Å². The van der Waals surface area contributed by atoms with Crippen molar-refractivity contribution in [2.45, 2.75) is 91.9 Å². The molecule has 0 aliphatic heterocycles. The Balaban J connectivity index is 1.33. The monoisotopic (exact) mass is 641 g/mol. The van der Waals surface area contributed by atoms with Crippen molar-refractivity contribution in [3.8, 4) is 17.6 Å². The van der Waals surface area contributed by atoms with Gasteiger partial charge in [-0.1, -0.05) is 39.3 Å². The van der Waals surface area contributed by atoms with E-state index in [0.717, 1.165) is 31.4 Å². The van der Waals surface area contributed by atoms with E-state index in [1.165, 1.54) is 0 Å². The van der Waals surface area contributed by atoms with Gasteiger partial charge in [0.25, 0.3) is 5.91 Å². The second kappa shape index (κ2) is 15.7. The highest BCUT2D eigenvalue weighted by Crippen LogP contribution is 2.55. The molecule has 1 fully saturated rings. The molecule has 3 rings (SSSR count). The molecule has 1 aliphatic carbocycles. The normalized spacial score (nSPS) is 18.2. The first-order valence-corrected chi connectivity index (χ1v) is 16.0. The molecular weight excluding hydrogens is 594 g/mol. The Morgan fingerprint density at radius 2 is 1.53 bits per heavy atom. The molecule has 0 bridgehead atoms. The molecule has 45 heavy (non-hydrogen) atoms. The number of rotatable bonds is 15. The van der Waals surface area contributed by atoms with Crippen LogP contribution in [0.15, 0.2) is 42.5 Å². The van der Waals surface area contributed by atoms with Gasteiger partial charge in [-0.15, -0.1) is 0 Å². The fourth-order valence-electron chi connectivity index (χ4n) is 5.97. The molecule has 1 saturated carbocycles. The smallest absolute Gasteiger partial charge is 0.407 e. The predicted molar refractivity (Wildman–Crippen MR) is 175 cm³/mol. The van der Waals surface area contributed by atoms with E-state index < -0.39 is 11.7 Å². The second-order valence-corrected chi connectivity index (χ2v) is 14.0. The third-order valence-electron chi connectivity index (χ3n) is 7.88. The van der Waals surface area contributed by atoms with Crippen molar-refractivity contribution in [3.05, 3.63) is 58.6 Å². The first-order valence-electron chi connectivity index (χ1n) is 15.6. The molecule has 0 spiro atoms. The van der Waals surface area contributed by atoms with E-state index in [1.807, 2.05) is 32.9 Å². The van der Waals surface area contributed by atoms with Gasteiger partial charge in [0.05, 0.1) is 17.2 Å². The van der Waals surface area contributed by atoms with E-state index in [4.69, 9.17) is 35.8 Å². The summed E-state index contributed by atoms with van der Waals surface area (Å²) in [5.41, 5.74) is -0.211. The average molecular weight is 642 g/mol. The second-order valence-electron chi connectivity index (χ2n) is 13.6. The number of nitrogens with zero attached hydrogens (tertiary/aromatic N) is 1. The highest BCUT2D eigenvalue weighted by atomic mass is 35.5. The van der Waals surface area contributed by atoms with Gasteiger partial charge in [-0.3, -0.25) is 4.79 Å². The van der Waals surface area contributed by atoms with Crippen LogP contribution in [0, 0.1) is 22.2 Å². The Bertz CT molecular complexity index is 1310. The fourth-order valence-corrected chi connectivity index (χ4v) is 6.18. The van der Waals surface area contributed by atoms with Crippen LogP contribution in [-0.2, 0) is 9.47 Å². The maximum Gasteiger partial charge on any atom is 0.407 e. The van der Waals surface area contributed by atoms with E-state index in [1.54, 1.807) is 30.3 Å². The summed E-state index contributed by atoms with van der Waals surface area (Å²) in [5.74, 6) is 1.17. The number of hydrogen-bond donors (Lipinski definition) is 2. The largest absolute Gasteiger partial charge is 0.494 e. The number of benzene rings is 2. The van der Waals surface area contributed by atoms with Crippen LogP contribution >= 0.6 is 11.6 Å². The Kier molecular flexibility index (Phi) is 12.5. The van der Waals surface area contributed by atoms with Gasteiger partial charge in [0.2, 0.25) is 0 Å². The molecule has 9 nitrogen and oxygen atoms in total. The quantitative estimate of drug-likeness (QED) is 0.196. The molecule has 0 heterocycles. The predicted octanol–water partition coefficient (Wildman–Crippen LogP) is 7.30. The van der Waals surface area contributed by atoms with Gasteiger partial charge in [0.1, 0.15) is 29.3 Å². The van der Waals surface area contributed by atoms with Crippen LogP contribution in [0.2, 0.25) is 5.02 Å². The first kappa shape index (κ1) is 36.0. The standard InChI is InChI=1S/C35H48ClN3O6/c1-33(2,3)45-32(41)38-18-11-20-42-19-9-8-10-21-43-26-15-12-24(13-16-26)29(40)39-30-34(4,5)31(35(30,6)7)44-27-17-14-25(23-37)28(36)22-27/h12-17,22,30-31H,8-11,18-21H2,1-7H3,(H,38,41)(H,39,40)/t30-,31-. The van der Waals surface area contributed by atoms with Crippen LogP contribution in [0.4, 0.5) is 4.79 Å². The van der Waals surface area contributed by atoms with Crippen molar-refractivity contribution in [3.63, 3.8) is 0 Å². The molecule has 0 unspecified atom stereocenters. The lowest BCUT2D eigenvalue weighted by atomic mass is 9.49. The van der Waals surface area contributed by atoms with E-state index in [-0.39, 0.29) is 28.9 Å². The summed E-state index contributed by atoms with van der Waals surface area (Å²) in [6, 6.07) is 14.2. The van der Waals surface area contributed by atoms with E-state index >= 15 is 0 Å². The van der Waals surface area contributed by atoms with Gasteiger partial charge in [-0.05, 0) is 82.9 Å². The zero-order chi connectivity index (χ0) is 33.3. The minimum absolute atomic E-state index is 0.120. The Morgan fingerprint density at radius 3 is 2.16 bits per heavy atom. The molecule has 2 amide bonds. The third-order valence-corrected chi connectivity index (χ3v) is 8.19. The molecular formula is C35H48ClN3O6. The van der Waals surface area contributed by atoms with E-state index in [9.17, 15) is 9.59 Å². The van der Waals surface area contributed by atoms with Gasteiger partial charge in [0.15, 0.2) is 0 Å². The van der Waals surface area contributed by atoms with Crippen molar-refractivity contribution in [1.82, 2.24) is 10.6 Å². The molecule has 1 aliphatic rings. The van der Waals surface area contributed by atoms with Crippen LogP contribution in [-0.4, -0.2) is 56.1 Å². The number of alkyl carbamates (subject to hydrolysis) is 1. The molecule has 2 N–H and O–H groups in total. The lowest BCUT2D eigenvalue weighted by Crippen LogP contribution is -2.74. The highest BCUT2D eigenvalue weighted by Gasteiger charge is 2.64. The van der Waals surface area contributed by atoms with Crippen LogP contribution in [0.3, 0.4) is 0 Å². The summed E-state index contributed by atoms with van der Waals surface area (Å²) in [7, 11) is 0. The van der Waals surface area contributed by atoms with E-state index in [2.05, 4.69) is 44.4 Å². The minimum Gasteiger partial charge on any atom is -0.494 e. The van der Waals surface area contributed by atoms with Crippen LogP contribution in [0.1, 0.15) is 90.1 Å². The third kappa shape index (κ3) is 10.3. The van der Waals surface area contributed by atoms with Crippen molar-refractivity contribution < 1.29 is 28.5 Å². The highest BCUT2D eigenvalue weighted by molar-refractivity contribution is 6.31. The number of nitriles is 1. The molecule has 2 aromatic rings. The topological polar surface area (TPSA) is 119 Å². The van der Waals surface area contributed by atoms with Gasteiger partial charge in [-0.25, -0.2) is 4.79 Å². The van der Waals surface area contributed by atoms with Crippen molar-refractivity contribution in [2.24, 2.45) is 10.8 Å². The van der Waals surface area contributed by atoms with Crippen LogP contribution in [0.5, 0.6) is 11.5 Å². The SMILES string of the molecule is CC(C)(C)OC(=O)NCCCOCCCCCOc1ccc(C(=O)N[C@H]2C(C)(C)[C@H](Oc3ccc(C#N)c(Cl)c3)C2(C)C)cc1. The van der Waals surface area contributed by atoms with Gasteiger partial charge in [-0.2, -0.15) is 5.26 Å². The number of carbonyl (C=O) groups is 2. The van der Waals surface area contributed by atoms with Crippen molar-refractivity contribution in [1.29, 1.82) is 5.26 Å². The van der Waals surface area contributed by atoms with Crippen molar-refractivity contribution >= 4 is 23.6 Å². The summed E-state index contributed by atoms with van der Waals surface area (Å²) < 4.78 is 23.0. The number of halogens is 1. The van der Waals surface area contributed by atoms with Crippen LogP contribution in [0.25, 0.3) is 0 Å². The maximum atomic E-state index is 13.2. The summed E-state index contributed by atoms with van der Waals surface area (Å²) in [6.07, 6.45) is 2.97. The molecule has 0 aromatic heterocycles. The molecule has 0 atom stereocenters. The van der Waals surface area contributed by atoms with Crippen LogP contribution < -0.4 is 20.1 Å². The Morgan fingerprint density at radius 1 is 0.911 bits per heavy atom. The van der Waals surface area contributed by atoms with Gasteiger partial charge >= 0.3 is 6.09 Å². The summed E-state index contributed by atoms with van der Waals surface area (Å²) >= 11 is 6.20. The number of carbonyl (C=O) groups excluding carboxylic acids is 2. The zero-order valence-electron chi connectivity index (χ0n) is 27.6. The number of unbranched alkanes of at least 4 members (excludes halogenated alkanes) is 2. The minimum atomic E-state index is -0.497. The molecule has 10 heteroatoms. The molecule has 0 radical (unpaired) electrons. The first-order chi connectivity index (χ1) is 21.1. The summed E-state index contributed by atoms with van der Waals surface area (Å²) in [5, 5.41) is 15.4. The summed E-state index contributed by atoms with van der Waals surface area (Å²) in [4.78, 5) is 24.8. The number of hydrogen-bond acceptors (Lipinski definition) is 7. The number of amides is 2. The van der Waals surface area contributed by atoms with Gasteiger partial charge < -0.3 is 29.6 Å². The molecule has 2 aromatic carbocycles. The number of ether oxygens (including phenoxy) is 4. The number of nitrogens with one attached hydrogen (secondary N) is 2. The lowest BCUT2D eigenvalue weighted by Gasteiger charge is -2.63. The lowest BCUT2D eigenvalue weighted by molar-refractivity contribution is -0.164. The maximum absolute atomic E-state index is 13.2. The van der Waals surface area contributed by atoms with Gasteiger partial charge in [0, 0.05) is 48.3 Å².